The first-order valence-electron chi connectivity index (χ1n) is 5.12. The van der Waals surface area contributed by atoms with Crippen molar-refractivity contribution in [1.82, 2.24) is 9.97 Å². The van der Waals surface area contributed by atoms with Crippen molar-refractivity contribution in [2.75, 3.05) is 25.6 Å². The standard InChI is InChI=1S/C9H12N4O6/c1-19-9(16)7-8(13(17)18)11-3-6(12-7)10-2-5(15)4-14/h3,5,14-15H,2,4H2,1H3,(H,10,12). The van der Waals surface area contributed by atoms with Crippen molar-refractivity contribution in [2.45, 2.75) is 6.10 Å². The number of nitrogens with zero attached hydrogens (tertiary/aromatic N) is 3. The molecule has 0 bridgehead atoms. The molecule has 0 saturated carbocycles. The Morgan fingerprint density at radius 3 is 2.89 bits per heavy atom. The third-order valence-electron chi connectivity index (χ3n) is 2.03. The number of nitro groups is 1. The van der Waals surface area contributed by atoms with Crippen LogP contribution in [0.25, 0.3) is 0 Å². The average Bonchev–Trinajstić information content (AvgIpc) is 2.43. The number of methoxy groups -OCH3 is 1. The van der Waals surface area contributed by atoms with E-state index in [1.165, 1.54) is 0 Å². The van der Waals surface area contributed by atoms with Gasteiger partial charge in [-0.2, -0.15) is 0 Å². The molecule has 1 unspecified atom stereocenters. The zero-order valence-electron chi connectivity index (χ0n) is 9.94. The molecule has 10 nitrogen and oxygen atoms in total. The number of aliphatic hydroxyl groups is 2. The van der Waals surface area contributed by atoms with Gasteiger partial charge >= 0.3 is 11.8 Å². The quantitative estimate of drug-likeness (QED) is 0.334. The number of esters is 1. The number of hydrogen-bond acceptors (Lipinski definition) is 9. The molecule has 0 aliphatic rings. The average molecular weight is 272 g/mol. The van der Waals surface area contributed by atoms with Crippen molar-refractivity contribution in [3.05, 3.63) is 22.0 Å². The van der Waals surface area contributed by atoms with Gasteiger partial charge in [0.15, 0.2) is 12.0 Å². The molecule has 1 rings (SSSR count). The van der Waals surface area contributed by atoms with Gasteiger partial charge in [-0.25, -0.2) is 9.78 Å². The molecule has 104 valence electrons. The largest absolute Gasteiger partial charge is 0.464 e. The predicted octanol–water partition coefficient (Wildman–Crippen LogP) is -1.06. The highest BCUT2D eigenvalue weighted by molar-refractivity contribution is 5.91. The molecule has 19 heavy (non-hydrogen) atoms. The third kappa shape index (κ3) is 3.82. The summed E-state index contributed by atoms with van der Waals surface area (Å²) in [5, 5.41) is 31.0. The Morgan fingerprint density at radius 2 is 2.37 bits per heavy atom. The number of nitrogens with one attached hydrogen (secondary N) is 1. The smallest absolute Gasteiger partial charge is 0.397 e. The molecule has 0 radical (unpaired) electrons. The number of aromatic nitrogens is 2. The van der Waals surface area contributed by atoms with E-state index in [1.54, 1.807) is 0 Å². The summed E-state index contributed by atoms with van der Waals surface area (Å²) in [6.07, 6.45) is 0.00727. The van der Waals surface area contributed by atoms with Crippen LogP contribution in [0.1, 0.15) is 10.5 Å². The minimum Gasteiger partial charge on any atom is -0.464 e. The molecule has 0 spiro atoms. The van der Waals surface area contributed by atoms with Gasteiger partial charge in [-0.15, -0.1) is 0 Å². The number of aliphatic hydroxyl groups excluding tert-OH is 2. The van der Waals surface area contributed by atoms with Crippen molar-refractivity contribution in [2.24, 2.45) is 0 Å². The monoisotopic (exact) mass is 272 g/mol. The highest BCUT2D eigenvalue weighted by Gasteiger charge is 2.25. The Kier molecular flexibility index (Phi) is 5.09. The summed E-state index contributed by atoms with van der Waals surface area (Å²) in [5.41, 5.74) is -0.545. The van der Waals surface area contributed by atoms with E-state index in [2.05, 4.69) is 20.0 Å². The van der Waals surface area contributed by atoms with Gasteiger partial charge in [-0.1, -0.05) is 0 Å². The molecule has 1 heterocycles. The van der Waals surface area contributed by atoms with Gasteiger partial charge in [0.05, 0.1) is 19.8 Å². The van der Waals surface area contributed by atoms with Crippen LogP contribution in [0.15, 0.2) is 6.20 Å². The maximum absolute atomic E-state index is 11.3. The van der Waals surface area contributed by atoms with Gasteiger partial charge in [0.1, 0.15) is 0 Å². The van der Waals surface area contributed by atoms with E-state index < -0.39 is 35.1 Å². The van der Waals surface area contributed by atoms with Crippen LogP contribution in [0.2, 0.25) is 0 Å². The van der Waals surface area contributed by atoms with Gasteiger partial charge < -0.3 is 30.4 Å². The zero-order valence-corrected chi connectivity index (χ0v) is 9.94. The highest BCUT2D eigenvalue weighted by Crippen LogP contribution is 2.16. The van der Waals surface area contributed by atoms with Gasteiger partial charge in [-0.3, -0.25) is 0 Å². The van der Waals surface area contributed by atoms with E-state index >= 15 is 0 Å². The normalized spacial score (nSPS) is 11.7. The second-order valence-corrected chi connectivity index (χ2v) is 3.39. The second-order valence-electron chi connectivity index (χ2n) is 3.39. The van der Waals surface area contributed by atoms with Gasteiger partial charge in [0, 0.05) is 6.54 Å². The van der Waals surface area contributed by atoms with Crippen molar-refractivity contribution >= 4 is 17.6 Å². The van der Waals surface area contributed by atoms with Crippen LogP contribution >= 0.6 is 0 Å². The van der Waals surface area contributed by atoms with E-state index in [-0.39, 0.29) is 12.4 Å². The molecule has 0 aliphatic heterocycles. The number of hydrogen-bond donors (Lipinski definition) is 3. The molecule has 0 aromatic carbocycles. The Labute approximate surface area is 107 Å². The van der Waals surface area contributed by atoms with Crippen molar-refractivity contribution in [1.29, 1.82) is 0 Å². The van der Waals surface area contributed by atoms with Gasteiger partial charge in [-0.05, 0) is 9.91 Å². The summed E-state index contributed by atoms with van der Waals surface area (Å²) in [6, 6.07) is 0. The minimum absolute atomic E-state index is 0.0403. The fraction of sp³-hybridized carbons (Fsp3) is 0.444. The minimum atomic E-state index is -1.03. The number of carbonyl (C=O) groups excluding carboxylic acids is 1. The lowest BCUT2D eigenvalue weighted by Crippen LogP contribution is -2.24. The topological polar surface area (TPSA) is 148 Å². The maximum atomic E-state index is 11.3. The highest BCUT2D eigenvalue weighted by atomic mass is 16.6. The molecular formula is C9H12N4O6. The maximum Gasteiger partial charge on any atom is 0.397 e. The number of ether oxygens (including phenoxy) is 1. The van der Waals surface area contributed by atoms with Crippen LogP contribution in [-0.2, 0) is 4.74 Å². The van der Waals surface area contributed by atoms with E-state index in [9.17, 15) is 14.9 Å². The zero-order chi connectivity index (χ0) is 14.4. The summed E-state index contributed by atoms with van der Waals surface area (Å²) < 4.78 is 4.37. The van der Waals surface area contributed by atoms with Gasteiger partial charge in [0.25, 0.3) is 0 Å². The lowest BCUT2D eigenvalue weighted by molar-refractivity contribution is -0.390. The van der Waals surface area contributed by atoms with Crippen molar-refractivity contribution in [3.8, 4) is 0 Å². The Morgan fingerprint density at radius 1 is 1.68 bits per heavy atom. The third-order valence-corrected chi connectivity index (χ3v) is 2.03. The van der Waals surface area contributed by atoms with Crippen LogP contribution in [0, 0.1) is 10.1 Å². The van der Waals surface area contributed by atoms with Crippen LogP contribution < -0.4 is 5.32 Å². The van der Waals surface area contributed by atoms with E-state index in [0.717, 1.165) is 13.3 Å². The molecule has 3 N–H and O–H groups in total. The molecule has 1 aromatic rings. The fourth-order valence-corrected chi connectivity index (χ4v) is 1.12. The lowest BCUT2D eigenvalue weighted by Gasteiger charge is -2.08. The van der Waals surface area contributed by atoms with Crippen LogP contribution in [0.5, 0.6) is 0 Å². The Balaban J connectivity index is 2.98. The SMILES string of the molecule is COC(=O)c1nc(NCC(O)CO)cnc1[N+](=O)[O-]. The first-order chi connectivity index (χ1) is 8.99. The summed E-state index contributed by atoms with van der Waals surface area (Å²) in [7, 11) is 1.06. The Hall–Kier alpha value is -2.33. The first kappa shape index (κ1) is 14.7. The molecule has 0 fully saturated rings. The molecule has 1 atom stereocenters. The van der Waals surface area contributed by atoms with E-state index in [1.807, 2.05) is 0 Å². The molecule has 0 saturated heterocycles. The summed E-state index contributed by atoms with van der Waals surface area (Å²) >= 11 is 0. The molecular weight excluding hydrogens is 260 g/mol. The van der Waals surface area contributed by atoms with Crippen molar-refractivity contribution in [3.63, 3.8) is 0 Å². The molecule has 0 aliphatic carbocycles. The van der Waals surface area contributed by atoms with E-state index in [0.29, 0.717) is 0 Å². The predicted molar refractivity (Wildman–Crippen MR) is 61.6 cm³/mol. The Bertz CT molecular complexity index is 480. The first-order valence-corrected chi connectivity index (χ1v) is 5.12. The van der Waals surface area contributed by atoms with Crippen LogP contribution in [0.3, 0.4) is 0 Å². The van der Waals surface area contributed by atoms with Crippen LogP contribution in [0.4, 0.5) is 11.6 Å². The van der Waals surface area contributed by atoms with Crippen molar-refractivity contribution < 1.29 is 24.7 Å². The van der Waals surface area contributed by atoms with Crippen LogP contribution in [-0.4, -0.2) is 57.4 Å². The number of carbonyl (C=O) groups is 1. The number of rotatable bonds is 6. The molecule has 1 aromatic heterocycles. The molecule has 0 amide bonds. The molecule has 10 heteroatoms. The van der Waals surface area contributed by atoms with Gasteiger partial charge in [0.2, 0.25) is 5.69 Å². The number of anilines is 1. The summed E-state index contributed by atoms with van der Waals surface area (Å²) in [4.78, 5) is 28.3. The van der Waals surface area contributed by atoms with E-state index in [4.69, 9.17) is 10.2 Å². The second kappa shape index (κ2) is 6.56. The lowest BCUT2D eigenvalue weighted by atomic mass is 10.3. The fourth-order valence-electron chi connectivity index (χ4n) is 1.12. The summed E-state index contributed by atoms with van der Waals surface area (Å²) in [5.74, 6) is -1.68. The summed E-state index contributed by atoms with van der Waals surface area (Å²) in [6.45, 7) is -0.513.